The molecule has 0 amide bonds. The number of hydrogen-bond acceptors (Lipinski definition) is 2. The number of rotatable bonds is 2. The number of benzene rings is 1. The Morgan fingerprint density at radius 3 is 2.89 bits per heavy atom. The molecule has 2 aliphatic rings. The van der Waals surface area contributed by atoms with Gasteiger partial charge in [-0.1, -0.05) is 11.6 Å². The summed E-state index contributed by atoms with van der Waals surface area (Å²) in [7, 11) is 1.69. The summed E-state index contributed by atoms with van der Waals surface area (Å²) in [5.41, 5.74) is 5.40. The lowest BCUT2D eigenvalue weighted by atomic mass is 9.75. The van der Waals surface area contributed by atoms with Crippen LogP contribution < -0.4 is 4.74 Å². The topological polar surface area (TPSA) is 46.5 Å². The van der Waals surface area contributed by atoms with E-state index < -0.39 is 5.97 Å². The molecular formula is C16H18O3. The summed E-state index contributed by atoms with van der Waals surface area (Å²) in [4.78, 5) is 11.1. The third-order valence-corrected chi connectivity index (χ3v) is 4.35. The second kappa shape index (κ2) is 4.72. The van der Waals surface area contributed by atoms with Crippen LogP contribution in [0.5, 0.6) is 5.75 Å². The zero-order valence-electron chi connectivity index (χ0n) is 11.1. The second-order valence-electron chi connectivity index (χ2n) is 5.38. The summed E-state index contributed by atoms with van der Waals surface area (Å²) < 4.78 is 5.27. The van der Waals surface area contributed by atoms with Gasteiger partial charge in [-0.25, -0.2) is 0 Å². The van der Waals surface area contributed by atoms with Gasteiger partial charge < -0.3 is 9.84 Å². The third-order valence-electron chi connectivity index (χ3n) is 4.35. The summed E-state index contributed by atoms with van der Waals surface area (Å²) >= 11 is 0. The molecule has 3 rings (SSSR count). The molecule has 1 aromatic rings. The number of aliphatic carboxylic acids is 1. The van der Waals surface area contributed by atoms with Gasteiger partial charge in [0, 0.05) is 0 Å². The Morgan fingerprint density at radius 1 is 1.32 bits per heavy atom. The van der Waals surface area contributed by atoms with E-state index in [1.807, 2.05) is 6.07 Å². The van der Waals surface area contributed by atoms with Gasteiger partial charge in [0.15, 0.2) is 0 Å². The normalized spacial score (nSPS) is 21.6. The Kier molecular flexibility index (Phi) is 3.05. The van der Waals surface area contributed by atoms with Crippen LogP contribution in [0.4, 0.5) is 0 Å². The summed E-state index contributed by atoms with van der Waals surface area (Å²) in [6.45, 7) is 0. The Hall–Kier alpha value is -1.77. The maximum absolute atomic E-state index is 11.1. The van der Waals surface area contributed by atoms with Crippen LogP contribution in [0.2, 0.25) is 0 Å². The summed E-state index contributed by atoms with van der Waals surface area (Å²) in [6, 6.07) is 6.24. The first-order valence-electron chi connectivity index (χ1n) is 6.80. The molecule has 3 nitrogen and oxygen atoms in total. The maximum Gasteiger partial charge on any atom is 0.306 e. The quantitative estimate of drug-likeness (QED) is 0.885. The number of ether oxygens (including phenoxy) is 1. The number of carbonyl (C=O) groups is 1. The minimum atomic E-state index is -0.646. The van der Waals surface area contributed by atoms with Gasteiger partial charge >= 0.3 is 5.97 Å². The Labute approximate surface area is 112 Å². The van der Waals surface area contributed by atoms with E-state index in [1.165, 1.54) is 22.3 Å². The fourth-order valence-electron chi connectivity index (χ4n) is 3.29. The molecule has 0 aromatic heterocycles. The highest BCUT2D eigenvalue weighted by molar-refractivity contribution is 5.78. The van der Waals surface area contributed by atoms with Gasteiger partial charge in [-0.3, -0.25) is 4.79 Å². The molecule has 0 aliphatic heterocycles. The van der Waals surface area contributed by atoms with Gasteiger partial charge in [0.25, 0.3) is 0 Å². The van der Waals surface area contributed by atoms with Gasteiger partial charge in [-0.05, 0) is 60.9 Å². The molecule has 1 N–H and O–H groups in total. The first-order valence-corrected chi connectivity index (χ1v) is 6.80. The van der Waals surface area contributed by atoms with Crippen molar-refractivity contribution in [3.8, 4) is 5.75 Å². The van der Waals surface area contributed by atoms with Crippen molar-refractivity contribution >= 4 is 11.5 Å². The molecule has 1 aromatic carbocycles. The summed E-state index contributed by atoms with van der Waals surface area (Å²) in [5.74, 6) is 0.0765. The van der Waals surface area contributed by atoms with Crippen molar-refractivity contribution in [3.05, 3.63) is 34.9 Å². The number of allylic oxidation sites excluding steroid dienone is 2. The van der Waals surface area contributed by atoms with E-state index in [0.29, 0.717) is 0 Å². The number of fused-ring (bicyclic) bond motifs is 2. The molecule has 0 saturated heterocycles. The van der Waals surface area contributed by atoms with E-state index in [2.05, 4.69) is 12.1 Å². The predicted octanol–water partition coefficient (Wildman–Crippen LogP) is 3.28. The fourth-order valence-corrected chi connectivity index (χ4v) is 3.29. The third kappa shape index (κ3) is 2.14. The number of carboxylic acids is 1. The standard InChI is InChI=1S/C16H18O3/c1-19-13-5-7-15-11(9-13)3-2-10-8-12(16(17)18)4-6-14(10)15/h5,7,9,12H,2-4,6,8H2,1H3,(H,17,18). The van der Waals surface area contributed by atoms with Crippen LogP contribution >= 0.6 is 0 Å². The van der Waals surface area contributed by atoms with Crippen molar-refractivity contribution in [2.75, 3.05) is 7.11 Å². The molecule has 0 saturated carbocycles. The van der Waals surface area contributed by atoms with E-state index in [4.69, 9.17) is 9.84 Å². The smallest absolute Gasteiger partial charge is 0.306 e. The van der Waals surface area contributed by atoms with Crippen molar-refractivity contribution in [1.29, 1.82) is 0 Å². The molecule has 0 bridgehead atoms. The SMILES string of the molecule is COc1ccc2c(c1)CCC1=C2CCC(C(=O)O)C1. The Morgan fingerprint density at radius 2 is 2.16 bits per heavy atom. The number of carboxylic acid groups (broad SMARTS) is 1. The van der Waals surface area contributed by atoms with Gasteiger partial charge in [0.05, 0.1) is 13.0 Å². The van der Waals surface area contributed by atoms with Crippen LogP contribution in [0.3, 0.4) is 0 Å². The highest BCUT2D eigenvalue weighted by Crippen LogP contribution is 2.42. The largest absolute Gasteiger partial charge is 0.497 e. The first kappa shape index (κ1) is 12.3. The monoisotopic (exact) mass is 258 g/mol. The Balaban J connectivity index is 1.96. The molecule has 1 unspecified atom stereocenters. The molecule has 100 valence electrons. The zero-order chi connectivity index (χ0) is 13.4. The molecule has 2 aliphatic carbocycles. The van der Waals surface area contributed by atoms with Crippen LogP contribution in [-0.4, -0.2) is 18.2 Å². The molecular weight excluding hydrogens is 240 g/mol. The fraction of sp³-hybridized carbons (Fsp3) is 0.438. The van der Waals surface area contributed by atoms with Gasteiger partial charge in [-0.2, -0.15) is 0 Å². The number of aryl methyl sites for hydroxylation is 1. The van der Waals surface area contributed by atoms with E-state index in [1.54, 1.807) is 7.11 Å². The van der Waals surface area contributed by atoms with Crippen molar-refractivity contribution in [2.24, 2.45) is 5.92 Å². The van der Waals surface area contributed by atoms with Gasteiger partial charge in [0.2, 0.25) is 0 Å². The highest BCUT2D eigenvalue weighted by Gasteiger charge is 2.29. The van der Waals surface area contributed by atoms with Crippen molar-refractivity contribution in [2.45, 2.75) is 32.1 Å². The van der Waals surface area contributed by atoms with Crippen molar-refractivity contribution in [1.82, 2.24) is 0 Å². The van der Waals surface area contributed by atoms with E-state index in [9.17, 15) is 4.79 Å². The summed E-state index contributed by atoms with van der Waals surface area (Å²) in [6.07, 6.45) is 4.39. The van der Waals surface area contributed by atoms with Crippen LogP contribution in [0.25, 0.3) is 5.57 Å². The van der Waals surface area contributed by atoms with Crippen LogP contribution in [0.15, 0.2) is 23.8 Å². The molecule has 1 atom stereocenters. The average Bonchev–Trinajstić information content (AvgIpc) is 2.45. The van der Waals surface area contributed by atoms with Crippen molar-refractivity contribution < 1.29 is 14.6 Å². The summed E-state index contributed by atoms with van der Waals surface area (Å²) in [5, 5.41) is 9.15. The molecule has 19 heavy (non-hydrogen) atoms. The zero-order valence-corrected chi connectivity index (χ0v) is 11.1. The second-order valence-corrected chi connectivity index (χ2v) is 5.38. The number of methoxy groups -OCH3 is 1. The first-order chi connectivity index (χ1) is 9.19. The minimum Gasteiger partial charge on any atom is -0.497 e. The highest BCUT2D eigenvalue weighted by atomic mass is 16.5. The number of hydrogen-bond donors (Lipinski definition) is 1. The lowest BCUT2D eigenvalue weighted by Crippen LogP contribution is -2.21. The molecule has 0 fully saturated rings. The van der Waals surface area contributed by atoms with Crippen LogP contribution in [-0.2, 0) is 11.2 Å². The maximum atomic E-state index is 11.1. The van der Waals surface area contributed by atoms with E-state index >= 15 is 0 Å². The van der Waals surface area contributed by atoms with Crippen LogP contribution in [0, 0.1) is 5.92 Å². The van der Waals surface area contributed by atoms with E-state index in [-0.39, 0.29) is 5.92 Å². The molecule has 0 heterocycles. The molecule has 3 heteroatoms. The van der Waals surface area contributed by atoms with Gasteiger partial charge in [-0.15, -0.1) is 0 Å². The van der Waals surface area contributed by atoms with E-state index in [0.717, 1.165) is 37.9 Å². The lowest BCUT2D eigenvalue weighted by molar-refractivity contribution is -0.142. The van der Waals surface area contributed by atoms with Gasteiger partial charge in [0.1, 0.15) is 5.75 Å². The average molecular weight is 258 g/mol. The predicted molar refractivity (Wildman–Crippen MR) is 73.2 cm³/mol. The van der Waals surface area contributed by atoms with Crippen molar-refractivity contribution in [3.63, 3.8) is 0 Å². The Bertz CT molecular complexity index is 557. The molecule has 0 radical (unpaired) electrons. The minimum absolute atomic E-state index is 0.182. The molecule has 0 spiro atoms. The lowest BCUT2D eigenvalue weighted by Gasteiger charge is -2.30. The van der Waals surface area contributed by atoms with Crippen LogP contribution in [0.1, 0.15) is 36.8 Å².